The summed E-state index contributed by atoms with van der Waals surface area (Å²) in [6.07, 6.45) is 0. The molecule has 0 spiro atoms. The van der Waals surface area contributed by atoms with Crippen LogP contribution in [0.3, 0.4) is 0 Å². The Balaban J connectivity index is 2.02. The molecule has 0 bridgehead atoms. The van der Waals surface area contributed by atoms with Crippen molar-refractivity contribution >= 4 is 11.6 Å². The van der Waals surface area contributed by atoms with Gasteiger partial charge in [0, 0.05) is 5.56 Å². The van der Waals surface area contributed by atoms with E-state index < -0.39 is 0 Å². The van der Waals surface area contributed by atoms with E-state index >= 15 is 0 Å². The number of hydrogen-bond acceptors (Lipinski definition) is 6. The van der Waals surface area contributed by atoms with Crippen molar-refractivity contribution in [2.75, 3.05) is 12.8 Å². The summed E-state index contributed by atoms with van der Waals surface area (Å²) in [6, 6.07) is 4.81. The quantitative estimate of drug-likeness (QED) is 0.640. The van der Waals surface area contributed by atoms with Crippen molar-refractivity contribution in [3.05, 3.63) is 29.6 Å². The fourth-order valence-electron chi connectivity index (χ4n) is 1.39. The van der Waals surface area contributed by atoms with Gasteiger partial charge < -0.3 is 15.8 Å². The number of H-pyrrole nitrogens is 1. The number of carbonyl (C=O) groups excluding carboxylic acids is 1. The van der Waals surface area contributed by atoms with Gasteiger partial charge in [0.15, 0.2) is 5.82 Å². The Morgan fingerprint density at radius 2 is 2.39 bits per heavy atom. The van der Waals surface area contributed by atoms with E-state index in [0.29, 0.717) is 22.8 Å². The molecule has 8 nitrogen and oxygen atoms in total. The zero-order chi connectivity index (χ0) is 13.0. The van der Waals surface area contributed by atoms with Crippen LogP contribution in [0.15, 0.2) is 18.2 Å². The third-order valence-electron chi connectivity index (χ3n) is 2.29. The summed E-state index contributed by atoms with van der Waals surface area (Å²) < 4.78 is 5.01. The number of nitrogens with zero attached hydrogens (tertiary/aromatic N) is 3. The van der Waals surface area contributed by atoms with Crippen molar-refractivity contribution in [3.8, 4) is 5.75 Å². The number of rotatable bonds is 4. The molecule has 0 fully saturated rings. The van der Waals surface area contributed by atoms with E-state index in [2.05, 4.69) is 25.9 Å². The summed E-state index contributed by atoms with van der Waals surface area (Å²) in [7, 11) is 1.52. The maximum atomic E-state index is 11.8. The Hall–Kier alpha value is -2.64. The summed E-state index contributed by atoms with van der Waals surface area (Å²) in [4.78, 5) is 11.8. The summed E-state index contributed by atoms with van der Waals surface area (Å²) in [5, 5.41) is 15.8. The van der Waals surface area contributed by atoms with Crippen LogP contribution in [0.1, 0.15) is 16.2 Å². The van der Waals surface area contributed by atoms with E-state index in [1.54, 1.807) is 18.2 Å². The third-order valence-corrected chi connectivity index (χ3v) is 2.29. The second-order valence-corrected chi connectivity index (χ2v) is 3.47. The van der Waals surface area contributed by atoms with Crippen molar-refractivity contribution in [3.63, 3.8) is 0 Å². The molecule has 2 aromatic rings. The molecule has 1 aromatic carbocycles. The maximum Gasteiger partial charge on any atom is 0.251 e. The molecule has 0 saturated heterocycles. The van der Waals surface area contributed by atoms with Crippen LogP contribution in [-0.4, -0.2) is 33.6 Å². The lowest BCUT2D eigenvalue weighted by molar-refractivity contribution is 0.0950. The fraction of sp³-hybridized carbons (Fsp3) is 0.200. The number of anilines is 1. The van der Waals surface area contributed by atoms with Gasteiger partial charge in [-0.1, -0.05) is 5.21 Å². The van der Waals surface area contributed by atoms with E-state index in [4.69, 9.17) is 10.5 Å². The maximum absolute atomic E-state index is 11.8. The average molecular weight is 248 g/mol. The smallest absolute Gasteiger partial charge is 0.251 e. The molecule has 0 saturated carbocycles. The summed E-state index contributed by atoms with van der Waals surface area (Å²) >= 11 is 0. The second-order valence-electron chi connectivity index (χ2n) is 3.47. The topological polar surface area (TPSA) is 119 Å². The van der Waals surface area contributed by atoms with Crippen LogP contribution in [0.2, 0.25) is 0 Å². The Morgan fingerprint density at radius 1 is 1.56 bits per heavy atom. The first kappa shape index (κ1) is 11.8. The molecule has 1 heterocycles. The highest BCUT2D eigenvalue weighted by atomic mass is 16.5. The van der Waals surface area contributed by atoms with Gasteiger partial charge >= 0.3 is 0 Å². The SMILES string of the molecule is COc1ccc(C(=O)NCc2nn[nH]n2)cc1N. The fourth-order valence-corrected chi connectivity index (χ4v) is 1.39. The van der Waals surface area contributed by atoms with Gasteiger partial charge in [-0.3, -0.25) is 4.79 Å². The molecular weight excluding hydrogens is 236 g/mol. The lowest BCUT2D eigenvalue weighted by Gasteiger charge is -2.07. The first-order valence-corrected chi connectivity index (χ1v) is 5.14. The van der Waals surface area contributed by atoms with Gasteiger partial charge in [-0.25, -0.2) is 0 Å². The van der Waals surface area contributed by atoms with Crippen molar-refractivity contribution in [1.29, 1.82) is 0 Å². The molecule has 18 heavy (non-hydrogen) atoms. The number of nitrogens with one attached hydrogen (secondary N) is 2. The van der Waals surface area contributed by atoms with Gasteiger partial charge in [-0.15, -0.1) is 10.2 Å². The predicted octanol–water partition coefficient (Wildman–Crippen LogP) is -0.280. The number of nitrogen functional groups attached to an aromatic ring is 1. The third kappa shape index (κ3) is 2.54. The zero-order valence-electron chi connectivity index (χ0n) is 9.67. The number of benzene rings is 1. The summed E-state index contributed by atoms with van der Waals surface area (Å²) in [5.74, 6) is 0.670. The lowest BCUT2D eigenvalue weighted by atomic mass is 10.2. The van der Waals surface area contributed by atoms with E-state index in [-0.39, 0.29) is 12.5 Å². The minimum Gasteiger partial charge on any atom is -0.495 e. The number of tetrazole rings is 1. The normalized spacial score (nSPS) is 10.1. The highest BCUT2D eigenvalue weighted by molar-refractivity contribution is 5.95. The van der Waals surface area contributed by atoms with Crippen molar-refractivity contribution in [2.45, 2.75) is 6.54 Å². The van der Waals surface area contributed by atoms with Crippen LogP contribution in [0.5, 0.6) is 5.75 Å². The lowest BCUT2D eigenvalue weighted by Crippen LogP contribution is -2.23. The highest BCUT2D eigenvalue weighted by Gasteiger charge is 2.09. The Bertz CT molecular complexity index is 539. The Morgan fingerprint density at radius 3 is 3.00 bits per heavy atom. The summed E-state index contributed by atoms with van der Waals surface area (Å²) in [5.41, 5.74) is 6.56. The number of aromatic amines is 1. The summed E-state index contributed by atoms with van der Waals surface area (Å²) in [6.45, 7) is 0.196. The standard InChI is InChI=1S/C10H12N6O2/c1-18-8-3-2-6(4-7(8)11)10(17)12-5-9-13-15-16-14-9/h2-4H,5,11H2,1H3,(H,12,17)(H,13,14,15,16). The van der Waals surface area contributed by atoms with Crippen LogP contribution >= 0.6 is 0 Å². The van der Waals surface area contributed by atoms with Gasteiger partial charge in [0.1, 0.15) is 5.75 Å². The van der Waals surface area contributed by atoms with Crippen molar-refractivity contribution in [1.82, 2.24) is 25.9 Å². The molecule has 0 aliphatic heterocycles. The first-order valence-electron chi connectivity index (χ1n) is 5.14. The van der Waals surface area contributed by atoms with Gasteiger partial charge in [-0.2, -0.15) is 5.21 Å². The number of nitrogens with two attached hydrogens (primary N) is 1. The minimum atomic E-state index is -0.269. The molecule has 1 amide bonds. The molecule has 0 unspecified atom stereocenters. The number of carbonyl (C=O) groups is 1. The predicted molar refractivity (Wildman–Crippen MR) is 62.8 cm³/mol. The molecule has 2 rings (SSSR count). The number of ether oxygens (including phenoxy) is 1. The van der Waals surface area contributed by atoms with Crippen LogP contribution in [-0.2, 0) is 6.54 Å². The molecule has 0 aliphatic rings. The monoisotopic (exact) mass is 248 g/mol. The van der Waals surface area contributed by atoms with Crippen LogP contribution in [0, 0.1) is 0 Å². The Kier molecular flexibility index (Phi) is 3.37. The van der Waals surface area contributed by atoms with Crippen molar-refractivity contribution < 1.29 is 9.53 Å². The van der Waals surface area contributed by atoms with E-state index in [1.165, 1.54) is 7.11 Å². The number of aromatic nitrogens is 4. The molecule has 1 aromatic heterocycles. The van der Waals surface area contributed by atoms with Crippen LogP contribution < -0.4 is 15.8 Å². The molecule has 0 aliphatic carbocycles. The van der Waals surface area contributed by atoms with Crippen molar-refractivity contribution in [2.24, 2.45) is 0 Å². The van der Waals surface area contributed by atoms with E-state index in [1.807, 2.05) is 0 Å². The minimum absolute atomic E-state index is 0.196. The second kappa shape index (κ2) is 5.13. The molecule has 0 radical (unpaired) electrons. The highest BCUT2D eigenvalue weighted by Crippen LogP contribution is 2.21. The largest absolute Gasteiger partial charge is 0.495 e. The van der Waals surface area contributed by atoms with Gasteiger partial charge in [-0.05, 0) is 18.2 Å². The number of amides is 1. The molecule has 94 valence electrons. The molecule has 8 heteroatoms. The van der Waals surface area contributed by atoms with Gasteiger partial charge in [0.25, 0.3) is 5.91 Å². The molecule has 0 atom stereocenters. The number of methoxy groups -OCH3 is 1. The molecule has 4 N–H and O–H groups in total. The first-order chi connectivity index (χ1) is 8.70. The Labute approximate surface area is 103 Å². The zero-order valence-corrected chi connectivity index (χ0v) is 9.67. The van der Waals surface area contributed by atoms with E-state index in [9.17, 15) is 4.79 Å². The van der Waals surface area contributed by atoms with Gasteiger partial charge in [0.05, 0.1) is 19.3 Å². The van der Waals surface area contributed by atoms with E-state index in [0.717, 1.165) is 0 Å². The van der Waals surface area contributed by atoms with Gasteiger partial charge in [0.2, 0.25) is 0 Å². The number of hydrogen-bond donors (Lipinski definition) is 3. The average Bonchev–Trinajstić information content (AvgIpc) is 2.89. The molecular formula is C10H12N6O2. The van der Waals surface area contributed by atoms with Crippen LogP contribution in [0.4, 0.5) is 5.69 Å². The van der Waals surface area contributed by atoms with Crippen LogP contribution in [0.25, 0.3) is 0 Å².